The molecule has 0 radical (unpaired) electrons. The molecule has 24 heavy (non-hydrogen) atoms. The molecule has 0 aliphatic carbocycles. The van der Waals surface area contributed by atoms with E-state index < -0.39 is 5.97 Å². The van der Waals surface area contributed by atoms with Crippen LogP contribution in [-0.4, -0.2) is 35.4 Å². The first-order valence-corrected chi connectivity index (χ1v) is 7.75. The average molecular weight is 338 g/mol. The lowest BCUT2D eigenvalue weighted by Gasteiger charge is -2.31. The number of aliphatic carboxylic acids is 1. The third kappa shape index (κ3) is 2.31. The van der Waals surface area contributed by atoms with Crippen molar-refractivity contribution in [2.75, 3.05) is 4.90 Å². The van der Waals surface area contributed by atoms with Crippen molar-refractivity contribution in [2.24, 2.45) is 0 Å². The van der Waals surface area contributed by atoms with Gasteiger partial charge in [-0.1, -0.05) is 6.07 Å². The van der Waals surface area contributed by atoms with Crippen LogP contribution in [0.25, 0.3) is 5.70 Å². The molecule has 0 atom stereocenters. The van der Waals surface area contributed by atoms with Gasteiger partial charge in [0.15, 0.2) is 0 Å². The molecule has 0 saturated carbocycles. The lowest BCUT2D eigenvalue weighted by Crippen LogP contribution is -2.27. The van der Waals surface area contributed by atoms with Gasteiger partial charge in [0.25, 0.3) is 0 Å². The van der Waals surface area contributed by atoms with E-state index in [-0.39, 0.29) is 12.0 Å². The van der Waals surface area contributed by atoms with Crippen molar-refractivity contribution in [3.63, 3.8) is 0 Å². The second-order valence-electron chi connectivity index (χ2n) is 4.98. The highest BCUT2D eigenvalue weighted by atomic mass is 32.1. The Hall–Kier alpha value is -3.20. The van der Waals surface area contributed by atoms with Crippen LogP contribution >= 0.6 is 11.5 Å². The summed E-state index contributed by atoms with van der Waals surface area (Å²) in [6, 6.07) is 3.64. The number of fused-ring (bicyclic) bond motifs is 1. The van der Waals surface area contributed by atoms with E-state index in [0.29, 0.717) is 22.2 Å². The summed E-state index contributed by atoms with van der Waals surface area (Å²) in [7, 11) is 0. The van der Waals surface area contributed by atoms with Crippen molar-refractivity contribution in [1.29, 1.82) is 0 Å². The van der Waals surface area contributed by atoms with Crippen LogP contribution in [-0.2, 0) is 11.2 Å². The van der Waals surface area contributed by atoms with Crippen molar-refractivity contribution in [3.05, 3.63) is 60.1 Å². The maximum atomic E-state index is 11.9. The van der Waals surface area contributed by atoms with Crippen molar-refractivity contribution in [1.82, 2.24) is 24.3 Å². The summed E-state index contributed by atoms with van der Waals surface area (Å²) in [4.78, 5) is 30.3. The highest BCUT2D eigenvalue weighted by molar-refractivity contribution is 7.09. The predicted molar refractivity (Wildman–Crippen MR) is 86.6 cm³/mol. The summed E-state index contributed by atoms with van der Waals surface area (Å²) in [5, 5.41) is 10.3. The fourth-order valence-corrected chi connectivity index (χ4v) is 3.18. The van der Waals surface area contributed by atoms with Crippen LogP contribution in [0.1, 0.15) is 11.1 Å². The summed E-state index contributed by atoms with van der Waals surface area (Å²) < 4.78 is 4.03. The summed E-state index contributed by atoms with van der Waals surface area (Å²) in [6.07, 6.45) is 7.90. The molecule has 0 unspecified atom stereocenters. The number of pyridine rings is 1. The van der Waals surface area contributed by atoms with Crippen molar-refractivity contribution in [2.45, 2.75) is 6.42 Å². The first-order chi connectivity index (χ1) is 11.8. The topological polar surface area (TPSA) is 105 Å². The van der Waals surface area contributed by atoms with Crippen LogP contribution in [0.3, 0.4) is 0 Å². The molecule has 3 aromatic heterocycles. The first kappa shape index (κ1) is 14.4. The van der Waals surface area contributed by atoms with E-state index in [2.05, 4.69) is 24.3 Å². The Labute approximate surface area is 140 Å². The third-order valence-electron chi connectivity index (χ3n) is 3.59. The van der Waals surface area contributed by atoms with E-state index in [0.717, 1.165) is 17.1 Å². The summed E-state index contributed by atoms with van der Waals surface area (Å²) in [5.41, 5.74) is 2.10. The third-order valence-corrected chi connectivity index (χ3v) is 4.24. The van der Waals surface area contributed by atoms with Crippen molar-refractivity contribution < 1.29 is 9.90 Å². The second kappa shape index (κ2) is 5.78. The molecule has 9 heteroatoms. The molecule has 0 spiro atoms. The number of rotatable bonds is 3. The van der Waals surface area contributed by atoms with Gasteiger partial charge in [-0.15, -0.1) is 0 Å². The minimum Gasteiger partial charge on any atom is -0.478 e. The molecule has 0 aromatic carbocycles. The summed E-state index contributed by atoms with van der Waals surface area (Å²) in [5.74, 6) is -0.365. The Morgan fingerprint density at radius 2 is 2.04 bits per heavy atom. The number of hydrogen-bond donors (Lipinski definition) is 1. The van der Waals surface area contributed by atoms with E-state index >= 15 is 0 Å². The van der Waals surface area contributed by atoms with Crippen molar-refractivity contribution in [3.8, 4) is 0 Å². The second-order valence-corrected chi connectivity index (χ2v) is 5.74. The molecular weight excluding hydrogens is 328 g/mol. The molecule has 1 aliphatic heterocycles. The van der Waals surface area contributed by atoms with Gasteiger partial charge in [0, 0.05) is 47.7 Å². The molecule has 3 aromatic rings. The number of carboxylic acids is 1. The maximum Gasteiger partial charge on any atom is 0.334 e. The van der Waals surface area contributed by atoms with Crippen LogP contribution < -0.4 is 4.90 Å². The molecule has 4 rings (SSSR count). The fourth-order valence-electron chi connectivity index (χ4n) is 2.64. The fraction of sp³-hybridized carbons (Fsp3) is 0.0667. The van der Waals surface area contributed by atoms with Gasteiger partial charge in [0.1, 0.15) is 18.5 Å². The number of hydrogen-bond acceptors (Lipinski definition) is 8. The van der Waals surface area contributed by atoms with Crippen LogP contribution in [0.5, 0.6) is 0 Å². The number of anilines is 2. The Morgan fingerprint density at radius 3 is 2.75 bits per heavy atom. The van der Waals surface area contributed by atoms with Gasteiger partial charge in [-0.2, -0.15) is 4.37 Å². The van der Waals surface area contributed by atoms with Crippen LogP contribution in [0, 0.1) is 0 Å². The molecule has 0 saturated heterocycles. The molecule has 4 heterocycles. The Bertz CT molecular complexity index is 926. The lowest BCUT2D eigenvalue weighted by molar-refractivity contribution is -0.132. The van der Waals surface area contributed by atoms with Crippen LogP contribution in [0.15, 0.2) is 49.0 Å². The minimum atomic E-state index is -1.00. The Morgan fingerprint density at radius 1 is 1.21 bits per heavy atom. The summed E-state index contributed by atoms with van der Waals surface area (Å²) >= 11 is 1.16. The number of aromatic nitrogens is 5. The molecule has 118 valence electrons. The maximum absolute atomic E-state index is 11.9. The molecule has 0 amide bonds. The highest BCUT2D eigenvalue weighted by Gasteiger charge is 2.33. The molecular formula is C15H10N6O2S. The molecule has 0 bridgehead atoms. The molecule has 1 aliphatic rings. The smallest absolute Gasteiger partial charge is 0.334 e. The van der Waals surface area contributed by atoms with E-state index in [4.69, 9.17) is 0 Å². The van der Waals surface area contributed by atoms with Gasteiger partial charge < -0.3 is 5.11 Å². The monoisotopic (exact) mass is 338 g/mol. The van der Waals surface area contributed by atoms with Gasteiger partial charge in [-0.05, 0) is 6.07 Å². The van der Waals surface area contributed by atoms with Crippen LogP contribution in [0.4, 0.5) is 10.9 Å². The van der Waals surface area contributed by atoms with E-state index in [1.54, 1.807) is 29.6 Å². The molecule has 8 nitrogen and oxygen atoms in total. The van der Waals surface area contributed by atoms with Gasteiger partial charge >= 0.3 is 5.97 Å². The predicted octanol–water partition coefficient (Wildman–Crippen LogP) is 1.91. The standard InChI is InChI=1S/C15H10N6O2S/c22-14(23)11-4-9-2-1-3-18-13(9)21(15-19-8-20-24-15)12(11)10-5-16-7-17-6-10/h1-3,5-8H,4H2,(H,22,23). The summed E-state index contributed by atoms with van der Waals surface area (Å²) in [6.45, 7) is 0. The quantitative estimate of drug-likeness (QED) is 0.772. The average Bonchev–Trinajstić information content (AvgIpc) is 3.15. The number of carbonyl (C=O) groups is 1. The first-order valence-electron chi connectivity index (χ1n) is 6.98. The Kier molecular flexibility index (Phi) is 3.47. The van der Waals surface area contributed by atoms with Crippen LogP contribution in [0.2, 0.25) is 0 Å². The highest BCUT2D eigenvalue weighted by Crippen LogP contribution is 2.41. The van der Waals surface area contributed by atoms with Gasteiger partial charge in [0.05, 0.1) is 11.3 Å². The van der Waals surface area contributed by atoms with E-state index in [1.165, 1.54) is 12.7 Å². The number of nitrogens with zero attached hydrogens (tertiary/aromatic N) is 6. The van der Waals surface area contributed by atoms with Gasteiger partial charge in [-0.3, -0.25) is 4.90 Å². The van der Waals surface area contributed by atoms with E-state index in [9.17, 15) is 9.90 Å². The van der Waals surface area contributed by atoms with Crippen molar-refractivity contribution >= 4 is 34.1 Å². The van der Waals surface area contributed by atoms with Gasteiger partial charge in [0.2, 0.25) is 5.13 Å². The Balaban J connectivity index is 2.02. The number of carboxylic acid groups (broad SMARTS) is 1. The van der Waals surface area contributed by atoms with E-state index in [1.807, 2.05) is 6.07 Å². The normalized spacial score (nSPS) is 13.8. The van der Waals surface area contributed by atoms with Gasteiger partial charge in [-0.25, -0.2) is 24.7 Å². The molecule has 0 fully saturated rings. The zero-order valence-corrected chi connectivity index (χ0v) is 13.0. The minimum absolute atomic E-state index is 0.237. The zero-order chi connectivity index (χ0) is 16.5. The lowest BCUT2D eigenvalue weighted by atomic mass is 9.96. The molecule has 1 N–H and O–H groups in total. The zero-order valence-electron chi connectivity index (χ0n) is 12.2. The SMILES string of the molecule is O=C(O)C1=C(c2cncnc2)N(c2ncns2)c2ncccc2C1. The largest absolute Gasteiger partial charge is 0.478 e.